The predicted octanol–water partition coefficient (Wildman–Crippen LogP) is 1.94. The molecule has 18 heavy (non-hydrogen) atoms. The zero-order chi connectivity index (χ0) is 13.2. The maximum Gasteiger partial charge on any atom is 0.332 e. The Bertz CT molecular complexity index is 604. The molecule has 1 aromatic rings. The number of rotatable bonds is 2. The van der Waals surface area contributed by atoms with Crippen molar-refractivity contribution >= 4 is 11.5 Å². The first-order valence-corrected chi connectivity index (χ1v) is 5.45. The zero-order valence-corrected chi connectivity index (χ0v) is 9.77. The van der Waals surface area contributed by atoms with Crippen LogP contribution in [0.2, 0.25) is 0 Å². The van der Waals surface area contributed by atoms with Crippen molar-refractivity contribution in [3.8, 4) is 18.4 Å². The Balaban J connectivity index is 2.40. The second-order valence-electron chi connectivity index (χ2n) is 4.11. The van der Waals surface area contributed by atoms with Gasteiger partial charge in [-0.2, -0.15) is 5.26 Å². The molecule has 1 aromatic carbocycles. The molecule has 3 nitrogen and oxygen atoms in total. The van der Waals surface area contributed by atoms with Crippen molar-refractivity contribution in [2.75, 3.05) is 6.61 Å². The molecular formula is C15H11NO2. The van der Waals surface area contributed by atoms with Gasteiger partial charge in [0.1, 0.15) is 0 Å². The number of ether oxygens (including phenoxy) is 1. The minimum atomic E-state index is -1.33. The van der Waals surface area contributed by atoms with Gasteiger partial charge in [0.05, 0.1) is 6.07 Å². The number of terminal acetylenes is 1. The number of nitrogens with zero attached hydrogens (tertiary/aromatic N) is 1. The smallest absolute Gasteiger partial charge is 0.332 e. The lowest BCUT2D eigenvalue weighted by Gasteiger charge is -2.19. The fourth-order valence-corrected chi connectivity index (χ4v) is 2.17. The maximum absolute atomic E-state index is 12.0. The molecule has 1 atom stereocenters. The fraction of sp³-hybridized carbons (Fsp3) is 0.200. The molecule has 0 heterocycles. The zero-order valence-electron chi connectivity index (χ0n) is 9.77. The number of esters is 1. The highest BCUT2D eigenvalue weighted by atomic mass is 16.5. The molecule has 0 saturated heterocycles. The van der Waals surface area contributed by atoms with Crippen molar-refractivity contribution in [2.45, 2.75) is 6.42 Å². The Labute approximate surface area is 106 Å². The first kappa shape index (κ1) is 12.0. The summed E-state index contributed by atoms with van der Waals surface area (Å²) in [6, 6.07) is 9.49. The summed E-state index contributed by atoms with van der Waals surface area (Å²) >= 11 is 0. The molecule has 0 aliphatic heterocycles. The van der Waals surface area contributed by atoms with Crippen molar-refractivity contribution in [1.82, 2.24) is 0 Å². The van der Waals surface area contributed by atoms with Gasteiger partial charge >= 0.3 is 5.97 Å². The van der Waals surface area contributed by atoms with Gasteiger partial charge < -0.3 is 4.74 Å². The predicted molar refractivity (Wildman–Crippen MR) is 67.0 cm³/mol. The van der Waals surface area contributed by atoms with Crippen LogP contribution in [0.1, 0.15) is 11.1 Å². The Morgan fingerprint density at radius 3 is 2.89 bits per heavy atom. The van der Waals surface area contributed by atoms with E-state index in [4.69, 9.17) is 11.2 Å². The largest absolute Gasteiger partial charge is 0.451 e. The summed E-state index contributed by atoms with van der Waals surface area (Å²) in [7, 11) is 0. The quantitative estimate of drug-likeness (QED) is 0.583. The molecule has 1 aliphatic rings. The SMILES string of the molecule is C#CCOC(=O)C1(C#N)Cc2ccccc2C1=C. The van der Waals surface area contributed by atoms with Crippen LogP contribution in [0.25, 0.3) is 5.57 Å². The number of carbonyl (C=O) groups is 1. The lowest BCUT2D eigenvalue weighted by molar-refractivity contribution is -0.147. The van der Waals surface area contributed by atoms with E-state index in [1.807, 2.05) is 30.3 Å². The Kier molecular flexibility index (Phi) is 2.92. The molecule has 88 valence electrons. The van der Waals surface area contributed by atoms with Crippen LogP contribution in [0.3, 0.4) is 0 Å². The van der Waals surface area contributed by atoms with E-state index in [1.165, 1.54) is 0 Å². The monoisotopic (exact) mass is 237 g/mol. The van der Waals surface area contributed by atoms with Gasteiger partial charge in [-0.05, 0) is 16.7 Å². The Morgan fingerprint density at radius 1 is 1.56 bits per heavy atom. The van der Waals surface area contributed by atoms with Gasteiger partial charge in [0, 0.05) is 6.42 Å². The summed E-state index contributed by atoms with van der Waals surface area (Å²) < 4.78 is 4.91. The second kappa shape index (κ2) is 4.39. The Morgan fingerprint density at radius 2 is 2.28 bits per heavy atom. The van der Waals surface area contributed by atoms with E-state index in [0.717, 1.165) is 11.1 Å². The standard InChI is InChI=1S/C15H11NO2/c1-3-8-18-14(17)15(10-16)9-12-6-4-5-7-13(12)11(15)2/h1,4-7H,2,8-9H2. The van der Waals surface area contributed by atoms with Gasteiger partial charge in [-0.1, -0.05) is 36.8 Å². The maximum atomic E-state index is 12.0. The third-order valence-corrected chi connectivity index (χ3v) is 3.14. The lowest BCUT2D eigenvalue weighted by Crippen LogP contribution is -2.31. The number of nitriles is 1. The summed E-state index contributed by atoms with van der Waals surface area (Å²) in [5.41, 5.74) is 0.932. The highest BCUT2D eigenvalue weighted by Crippen LogP contribution is 2.46. The van der Waals surface area contributed by atoms with Crippen LogP contribution < -0.4 is 0 Å². The Hall–Kier alpha value is -2.52. The third kappa shape index (κ3) is 1.58. The minimum Gasteiger partial charge on any atom is -0.451 e. The molecule has 0 spiro atoms. The summed E-state index contributed by atoms with van der Waals surface area (Å²) in [5.74, 6) is 1.60. The van der Waals surface area contributed by atoms with Crippen LogP contribution in [0.5, 0.6) is 0 Å². The average molecular weight is 237 g/mol. The van der Waals surface area contributed by atoms with Crippen molar-refractivity contribution in [2.24, 2.45) is 5.41 Å². The molecule has 0 aromatic heterocycles. The lowest BCUT2D eigenvalue weighted by atomic mass is 9.83. The summed E-state index contributed by atoms with van der Waals surface area (Å²) in [6.45, 7) is 3.74. The van der Waals surface area contributed by atoms with Gasteiger partial charge in [0.15, 0.2) is 12.0 Å². The second-order valence-corrected chi connectivity index (χ2v) is 4.11. The molecule has 1 aliphatic carbocycles. The number of benzene rings is 1. The summed E-state index contributed by atoms with van der Waals surface area (Å²) in [5, 5.41) is 9.37. The third-order valence-electron chi connectivity index (χ3n) is 3.14. The molecule has 0 radical (unpaired) electrons. The van der Waals surface area contributed by atoms with Gasteiger partial charge in [-0.25, -0.2) is 4.79 Å². The van der Waals surface area contributed by atoms with Crippen molar-refractivity contribution in [3.63, 3.8) is 0 Å². The van der Waals surface area contributed by atoms with E-state index >= 15 is 0 Å². The highest BCUT2D eigenvalue weighted by Gasteiger charge is 2.49. The van der Waals surface area contributed by atoms with Gasteiger partial charge in [0.2, 0.25) is 0 Å². The van der Waals surface area contributed by atoms with E-state index in [2.05, 4.69) is 12.5 Å². The van der Waals surface area contributed by atoms with E-state index in [9.17, 15) is 10.1 Å². The minimum absolute atomic E-state index is 0.133. The van der Waals surface area contributed by atoms with Crippen LogP contribution >= 0.6 is 0 Å². The number of hydrogen-bond acceptors (Lipinski definition) is 3. The molecular weight excluding hydrogens is 226 g/mol. The molecule has 0 bridgehead atoms. The van der Waals surface area contributed by atoms with Crippen LogP contribution in [0.15, 0.2) is 30.8 Å². The topological polar surface area (TPSA) is 50.1 Å². The van der Waals surface area contributed by atoms with E-state index in [-0.39, 0.29) is 6.61 Å². The molecule has 2 rings (SSSR count). The van der Waals surface area contributed by atoms with Crippen molar-refractivity contribution in [3.05, 3.63) is 42.0 Å². The van der Waals surface area contributed by atoms with E-state index < -0.39 is 11.4 Å². The van der Waals surface area contributed by atoms with Crippen molar-refractivity contribution < 1.29 is 9.53 Å². The first-order chi connectivity index (χ1) is 8.65. The molecule has 0 saturated carbocycles. The number of fused-ring (bicyclic) bond motifs is 1. The average Bonchev–Trinajstić information content (AvgIpc) is 2.70. The summed E-state index contributed by atoms with van der Waals surface area (Å²) in [6.07, 6.45) is 5.34. The van der Waals surface area contributed by atoms with E-state index in [0.29, 0.717) is 12.0 Å². The van der Waals surface area contributed by atoms with Crippen LogP contribution in [0.4, 0.5) is 0 Å². The van der Waals surface area contributed by atoms with Crippen LogP contribution in [0, 0.1) is 29.1 Å². The van der Waals surface area contributed by atoms with Crippen LogP contribution in [-0.2, 0) is 16.0 Å². The molecule has 3 heteroatoms. The molecule has 0 amide bonds. The first-order valence-electron chi connectivity index (χ1n) is 5.45. The molecule has 0 fully saturated rings. The highest BCUT2D eigenvalue weighted by molar-refractivity contribution is 5.99. The van der Waals surface area contributed by atoms with Gasteiger partial charge in [-0.3, -0.25) is 0 Å². The summed E-state index contributed by atoms with van der Waals surface area (Å²) in [4.78, 5) is 12.0. The van der Waals surface area contributed by atoms with Crippen molar-refractivity contribution in [1.29, 1.82) is 5.26 Å². The molecule has 0 N–H and O–H groups in total. The molecule has 1 unspecified atom stereocenters. The normalized spacial score (nSPS) is 20.7. The fourth-order valence-electron chi connectivity index (χ4n) is 2.17. The number of carbonyl (C=O) groups excluding carboxylic acids is 1. The number of hydrogen-bond donors (Lipinski definition) is 0. The van der Waals surface area contributed by atoms with Crippen LogP contribution in [-0.4, -0.2) is 12.6 Å². The van der Waals surface area contributed by atoms with Gasteiger partial charge in [0.25, 0.3) is 0 Å². The van der Waals surface area contributed by atoms with E-state index in [1.54, 1.807) is 0 Å². The van der Waals surface area contributed by atoms with Gasteiger partial charge in [-0.15, -0.1) is 6.42 Å².